The number of nitrogens with two attached hydrogens (primary N) is 1. The molecule has 0 amide bonds. The second kappa shape index (κ2) is 19.9. The van der Waals surface area contributed by atoms with Crippen molar-refractivity contribution >= 4 is 138 Å². The lowest BCUT2D eigenvalue weighted by Gasteiger charge is -2.14. The van der Waals surface area contributed by atoms with Crippen LogP contribution in [-0.2, 0) is 39.7 Å². The minimum Gasteiger partial charge on any atom is -0.505 e. The first kappa shape index (κ1) is 50.2. The van der Waals surface area contributed by atoms with Gasteiger partial charge in [-0.3, -0.25) is 13.7 Å². The molecule has 0 aliphatic heterocycles. The number of carbonyl (C=O) groups is 1. The minimum atomic E-state index is -4.99. The van der Waals surface area contributed by atoms with Gasteiger partial charge in [0.05, 0.1) is 66.4 Å². The number of fused-ring (bicyclic) bond motifs is 3. The third-order valence-corrected chi connectivity index (χ3v) is 13.3. The van der Waals surface area contributed by atoms with Crippen LogP contribution in [0.25, 0.3) is 32.3 Å². The summed E-state index contributed by atoms with van der Waals surface area (Å²) in [5, 5.41) is 64.9. The predicted octanol–water partition coefficient (Wildman–Crippen LogP) is 9.52. The summed E-state index contributed by atoms with van der Waals surface area (Å²) in [6, 6.07) is 21.4. The summed E-state index contributed by atoms with van der Waals surface area (Å²) in [6.07, 6.45) is 0. The molecule has 0 aliphatic carbocycles. The smallest absolute Gasteiger partial charge is 0.335 e. The summed E-state index contributed by atoms with van der Waals surface area (Å²) in [5.41, 5.74) is 5.57. The SMILES string of the molecule is CNc1nc(N)nc(Nc2cc3c(O)c(N=Nc4ccc(N=Nc5ccc(N=Nc6ccc(C(=O)O)cc6)c6ccc(S(=O)(=O)O)cc56)c5ccc(S(=O)(=O)O)cc45)c(SOOO)cc3cc2S(=O)(=O)O)n1. The van der Waals surface area contributed by atoms with Gasteiger partial charge in [0.2, 0.25) is 17.8 Å². The Balaban J connectivity index is 1.23. The molecule has 72 heavy (non-hydrogen) atoms. The van der Waals surface area contributed by atoms with Crippen LogP contribution in [0.3, 0.4) is 0 Å². The number of benzene rings is 7. The number of nitrogens with zero attached hydrogens (tertiary/aromatic N) is 9. The molecule has 0 aliphatic rings. The van der Waals surface area contributed by atoms with Gasteiger partial charge in [0, 0.05) is 34.0 Å². The monoisotopic (exact) mass is 1060 g/mol. The van der Waals surface area contributed by atoms with E-state index in [1.807, 2.05) is 0 Å². The van der Waals surface area contributed by atoms with Crippen LogP contribution in [0.5, 0.6) is 5.75 Å². The van der Waals surface area contributed by atoms with Crippen molar-refractivity contribution in [3.63, 3.8) is 0 Å². The fourth-order valence-electron chi connectivity index (χ4n) is 6.83. The van der Waals surface area contributed by atoms with Crippen molar-refractivity contribution in [1.82, 2.24) is 15.0 Å². The Bertz CT molecular complexity index is 3980. The molecule has 0 saturated heterocycles. The van der Waals surface area contributed by atoms with Crippen LogP contribution < -0.4 is 16.4 Å². The molecule has 1 heterocycles. The Hall–Kier alpha value is -8.24. The van der Waals surface area contributed by atoms with Gasteiger partial charge >= 0.3 is 5.97 Å². The number of anilines is 4. The molecule has 10 N–H and O–H groups in total. The molecule has 0 fully saturated rings. The van der Waals surface area contributed by atoms with E-state index in [0.29, 0.717) is 11.1 Å². The largest absolute Gasteiger partial charge is 0.505 e. The molecule has 0 spiro atoms. The molecule has 1 aromatic heterocycles. The van der Waals surface area contributed by atoms with Gasteiger partial charge in [-0.1, -0.05) is 17.2 Å². The van der Waals surface area contributed by atoms with Crippen LogP contribution >= 0.6 is 12.0 Å². The van der Waals surface area contributed by atoms with Crippen LogP contribution in [0.4, 0.5) is 57.7 Å². The van der Waals surface area contributed by atoms with Crippen molar-refractivity contribution in [3.8, 4) is 5.75 Å². The molecule has 0 bridgehead atoms. The Labute approximate surface area is 408 Å². The van der Waals surface area contributed by atoms with Crippen LogP contribution in [0.2, 0.25) is 0 Å². The van der Waals surface area contributed by atoms with Crippen molar-refractivity contribution in [2.24, 2.45) is 30.7 Å². The Morgan fingerprint density at radius 1 is 0.625 bits per heavy atom. The number of phenols is 1. The maximum Gasteiger partial charge on any atom is 0.335 e. The fraction of sp³-hybridized carbons (Fsp3) is 0.0244. The minimum absolute atomic E-state index is 0.00740. The van der Waals surface area contributed by atoms with Crippen LogP contribution in [0, 0.1) is 0 Å². The number of nitrogens with one attached hydrogen (secondary N) is 2. The summed E-state index contributed by atoms with van der Waals surface area (Å²) in [4.78, 5) is 21.2. The predicted molar refractivity (Wildman–Crippen MR) is 257 cm³/mol. The number of azo groups is 3. The number of aromatic carboxylic acids is 1. The first-order chi connectivity index (χ1) is 34.1. The summed E-state index contributed by atoms with van der Waals surface area (Å²) in [5.74, 6) is -2.36. The number of rotatable bonds is 16. The quantitative estimate of drug-likeness (QED) is 0.0143. The van der Waals surface area contributed by atoms with E-state index in [1.54, 1.807) is 0 Å². The zero-order valence-corrected chi connectivity index (χ0v) is 39.2. The maximum atomic E-state index is 12.6. The lowest BCUT2D eigenvalue weighted by Crippen LogP contribution is -2.09. The number of carboxylic acids is 1. The first-order valence-corrected chi connectivity index (χ1v) is 24.8. The normalized spacial score (nSPS) is 12.5. The van der Waals surface area contributed by atoms with E-state index in [4.69, 9.17) is 11.0 Å². The number of hydrogen-bond donors (Lipinski definition) is 9. The molecular formula is C41H30N12O15S4. The van der Waals surface area contributed by atoms with Gasteiger partial charge in [0.25, 0.3) is 30.4 Å². The van der Waals surface area contributed by atoms with Crippen molar-refractivity contribution in [2.45, 2.75) is 19.6 Å². The zero-order chi connectivity index (χ0) is 51.7. The topological polar surface area (TPSA) is 422 Å². The number of aromatic nitrogens is 3. The molecule has 0 radical (unpaired) electrons. The van der Waals surface area contributed by atoms with Gasteiger partial charge in [-0.2, -0.15) is 45.3 Å². The van der Waals surface area contributed by atoms with Crippen molar-refractivity contribution in [1.29, 1.82) is 0 Å². The molecule has 0 saturated carbocycles. The molecule has 31 heteroatoms. The molecule has 0 atom stereocenters. The summed E-state index contributed by atoms with van der Waals surface area (Å²) >= 11 is 0.283. The lowest BCUT2D eigenvalue weighted by molar-refractivity contribution is -0.432. The average Bonchev–Trinajstić information content (AvgIpc) is 3.33. The van der Waals surface area contributed by atoms with Crippen LogP contribution in [0.15, 0.2) is 153 Å². The standard InChI is InChI=1S/C41H30N12O15S4/c1-43-40-45-39(42)46-41(47-40)44-33-18-26-20(15-35(33)72(64,65)66)14-34(69-68-67-57)36(37(26)54)53-52-32-13-11-30(25-9-7-23(17-28(25)32)71(61,62)63)50-51-31-12-10-29(24-8-6-22(16-27(24)31)70(58,59)60)49-48-21-4-2-19(3-5-21)38(55)56/h2-18,54,57H,1H3,(H,55,56)(H,58,59,60)(H,61,62,63)(H,64,65,66)(H4,42,43,44,45,46,47). The molecule has 8 rings (SSSR count). The molecule has 0 unspecified atom stereocenters. The van der Waals surface area contributed by atoms with Gasteiger partial charge in [0.15, 0.2) is 5.75 Å². The highest BCUT2D eigenvalue weighted by Crippen LogP contribution is 2.47. The van der Waals surface area contributed by atoms with E-state index in [9.17, 15) is 53.9 Å². The first-order valence-electron chi connectivity index (χ1n) is 19.7. The van der Waals surface area contributed by atoms with E-state index in [0.717, 1.165) is 36.4 Å². The molecule has 368 valence electrons. The van der Waals surface area contributed by atoms with Gasteiger partial charge < -0.3 is 26.6 Å². The van der Waals surface area contributed by atoms with E-state index < -0.39 is 62.4 Å². The molecule has 7 aromatic carbocycles. The van der Waals surface area contributed by atoms with Crippen LogP contribution in [-0.4, -0.2) is 82.4 Å². The Morgan fingerprint density at radius 3 is 1.67 bits per heavy atom. The van der Waals surface area contributed by atoms with E-state index in [-0.39, 0.29) is 95.7 Å². The number of phenolic OH excluding ortho intramolecular Hbond substituents is 1. The highest BCUT2D eigenvalue weighted by molar-refractivity contribution is 7.94. The highest BCUT2D eigenvalue weighted by Gasteiger charge is 2.24. The number of nitrogen functional groups attached to an aromatic ring is 1. The van der Waals surface area contributed by atoms with Gasteiger partial charge in [-0.15, -0.1) is 29.9 Å². The van der Waals surface area contributed by atoms with Crippen LogP contribution in [0.1, 0.15) is 10.4 Å². The third-order valence-electron chi connectivity index (χ3n) is 10.1. The highest BCUT2D eigenvalue weighted by atomic mass is 32.2. The second-order valence-electron chi connectivity index (χ2n) is 14.6. The summed E-state index contributed by atoms with van der Waals surface area (Å²) in [7, 11) is -13.1. The second-order valence-corrected chi connectivity index (χ2v) is 19.6. The van der Waals surface area contributed by atoms with Gasteiger partial charge in [0.1, 0.15) is 10.6 Å². The Morgan fingerprint density at radius 2 is 1.15 bits per heavy atom. The third kappa shape index (κ3) is 10.9. The van der Waals surface area contributed by atoms with Gasteiger partial charge in [-0.25, -0.2) is 10.1 Å². The number of carboxylic acid groups (broad SMARTS) is 1. The molecule has 8 aromatic rings. The average molecular weight is 1060 g/mol. The summed E-state index contributed by atoms with van der Waals surface area (Å²) < 4.78 is 109. The number of hydrogen-bond acceptors (Lipinski definition) is 24. The zero-order valence-electron chi connectivity index (χ0n) is 35.9. The van der Waals surface area contributed by atoms with Crippen molar-refractivity contribution in [2.75, 3.05) is 23.4 Å². The number of aromatic hydroxyl groups is 1. The van der Waals surface area contributed by atoms with E-state index in [1.165, 1.54) is 73.8 Å². The lowest BCUT2D eigenvalue weighted by atomic mass is 10.1. The van der Waals surface area contributed by atoms with Gasteiger partial charge in [-0.05, 0) is 96.4 Å². The maximum absolute atomic E-state index is 12.6. The van der Waals surface area contributed by atoms with Crippen molar-refractivity contribution < 1.29 is 68.5 Å². The molecule has 27 nitrogen and oxygen atoms in total. The summed E-state index contributed by atoms with van der Waals surface area (Å²) in [6.45, 7) is 0. The Kier molecular flexibility index (Phi) is 13.8. The molecular weight excluding hydrogens is 1030 g/mol. The fourth-order valence-corrected chi connectivity index (χ4v) is 9.01. The van der Waals surface area contributed by atoms with E-state index in [2.05, 4.69) is 65.6 Å². The van der Waals surface area contributed by atoms with Crippen molar-refractivity contribution in [3.05, 3.63) is 109 Å². The van der Waals surface area contributed by atoms with E-state index >= 15 is 0 Å².